The van der Waals surface area contributed by atoms with Gasteiger partial charge in [-0.25, -0.2) is 9.97 Å². The SMILES string of the molecule is O=C(O)CCCCCC(=O)Nc1ccc(C2OC(CN3CCN(c4ncccn4)CC3)CC(c3ccc(CO)cc3)O2)cc1. The van der Waals surface area contributed by atoms with Gasteiger partial charge in [-0.3, -0.25) is 14.5 Å². The van der Waals surface area contributed by atoms with Gasteiger partial charge >= 0.3 is 5.97 Å². The number of nitrogens with zero attached hydrogens (tertiary/aromatic N) is 4. The maximum absolute atomic E-state index is 12.4. The van der Waals surface area contributed by atoms with Crippen molar-refractivity contribution in [2.45, 2.75) is 63.6 Å². The average molecular weight is 604 g/mol. The smallest absolute Gasteiger partial charge is 0.303 e. The van der Waals surface area contributed by atoms with E-state index in [0.717, 1.165) is 55.4 Å². The maximum Gasteiger partial charge on any atom is 0.303 e. The summed E-state index contributed by atoms with van der Waals surface area (Å²) in [4.78, 5) is 36.4. The summed E-state index contributed by atoms with van der Waals surface area (Å²) in [6.45, 7) is 4.22. The van der Waals surface area contributed by atoms with Crippen LogP contribution in [0.2, 0.25) is 0 Å². The van der Waals surface area contributed by atoms with E-state index in [1.54, 1.807) is 12.4 Å². The van der Waals surface area contributed by atoms with E-state index in [9.17, 15) is 14.7 Å². The number of aliphatic hydroxyl groups is 1. The number of aliphatic hydroxyl groups excluding tert-OH is 1. The number of nitrogens with one attached hydrogen (secondary N) is 1. The van der Waals surface area contributed by atoms with Crippen molar-refractivity contribution in [3.05, 3.63) is 83.7 Å². The van der Waals surface area contributed by atoms with Crippen molar-refractivity contribution in [1.82, 2.24) is 14.9 Å². The Kier molecular flexibility index (Phi) is 11.3. The van der Waals surface area contributed by atoms with E-state index in [1.165, 1.54) is 0 Å². The Bertz CT molecular complexity index is 1330. The number of aromatic nitrogens is 2. The van der Waals surface area contributed by atoms with Crippen LogP contribution < -0.4 is 10.2 Å². The van der Waals surface area contributed by atoms with Gasteiger partial charge in [0, 0.05) is 75.6 Å². The number of rotatable bonds is 13. The molecule has 44 heavy (non-hydrogen) atoms. The molecule has 1 aromatic heterocycles. The number of carboxylic acid groups (broad SMARTS) is 1. The summed E-state index contributed by atoms with van der Waals surface area (Å²) in [5.41, 5.74) is 3.45. The Morgan fingerprint density at radius 1 is 0.864 bits per heavy atom. The van der Waals surface area contributed by atoms with Crippen molar-refractivity contribution in [2.75, 3.05) is 42.9 Å². The second-order valence-electron chi connectivity index (χ2n) is 11.3. The van der Waals surface area contributed by atoms with Crippen LogP contribution >= 0.6 is 0 Å². The Balaban J connectivity index is 1.20. The number of ether oxygens (including phenoxy) is 2. The van der Waals surface area contributed by atoms with E-state index < -0.39 is 12.3 Å². The highest BCUT2D eigenvalue weighted by Gasteiger charge is 2.34. The van der Waals surface area contributed by atoms with Crippen molar-refractivity contribution in [3.8, 4) is 0 Å². The monoisotopic (exact) mass is 603 g/mol. The molecule has 0 radical (unpaired) electrons. The predicted octanol–water partition coefficient (Wildman–Crippen LogP) is 4.31. The fraction of sp³-hybridized carbons (Fsp3) is 0.455. The van der Waals surface area contributed by atoms with Crippen molar-refractivity contribution in [3.63, 3.8) is 0 Å². The summed E-state index contributed by atoms with van der Waals surface area (Å²) in [6, 6.07) is 17.2. The summed E-state index contributed by atoms with van der Waals surface area (Å²) in [6.07, 6.45) is 5.85. The number of carbonyl (C=O) groups excluding carboxylic acids is 1. The zero-order valence-corrected chi connectivity index (χ0v) is 24.9. The predicted molar refractivity (Wildman–Crippen MR) is 165 cm³/mol. The van der Waals surface area contributed by atoms with Crippen LogP contribution in [0.3, 0.4) is 0 Å². The van der Waals surface area contributed by atoms with Gasteiger partial charge in [0.1, 0.15) is 0 Å². The molecule has 0 bridgehead atoms. The Labute approximate surface area is 257 Å². The quantitative estimate of drug-likeness (QED) is 0.242. The minimum absolute atomic E-state index is 0.00618. The normalized spacial score (nSPS) is 20.8. The standard InChI is InChI=1S/C33H41N5O6/c39-23-24-7-9-25(10-8-24)29-21-28(22-37-17-19-38(20-18-37)33-34-15-4-16-35-33)43-32(44-29)26-11-13-27(14-12-26)36-30(40)5-2-1-3-6-31(41)42/h4,7-16,28-29,32,39H,1-3,5-6,17-23H2,(H,36,40)(H,41,42). The molecule has 234 valence electrons. The van der Waals surface area contributed by atoms with Crippen molar-refractivity contribution < 1.29 is 29.3 Å². The first-order chi connectivity index (χ1) is 21.5. The Morgan fingerprint density at radius 2 is 1.55 bits per heavy atom. The molecule has 11 heteroatoms. The topological polar surface area (TPSA) is 137 Å². The highest BCUT2D eigenvalue weighted by atomic mass is 16.7. The Hall–Kier alpha value is -3.90. The Morgan fingerprint density at radius 3 is 2.23 bits per heavy atom. The van der Waals surface area contributed by atoms with Gasteiger partial charge in [-0.15, -0.1) is 0 Å². The zero-order chi connectivity index (χ0) is 30.7. The first kappa shape index (κ1) is 31.5. The van der Waals surface area contributed by atoms with Crippen LogP contribution in [0.4, 0.5) is 11.6 Å². The van der Waals surface area contributed by atoms with Gasteiger partial charge < -0.3 is 29.9 Å². The molecule has 2 fully saturated rings. The van der Waals surface area contributed by atoms with Gasteiger partial charge in [-0.05, 0) is 42.2 Å². The molecular weight excluding hydrogens is 562 g/mol. The van der Waals surface area contributed by atoms with E-state index >= 15 is 0 Å². The fourth-order valence-electron chi connectivity index (χ4n) is 5.59. The first-order valence-corrected chi connectivity index (χ1v) is 15.3. The maximum atomic E-state index is 12.4. The summed E-state index contributed by atoms with van der Waals surface area (Å²) in [5, 5.41) is 21.2. The molecule has 0 aliphatic carbocycles. The minimum Gasteiger partial charge on any atom is -0.481 e. The van der Waals surface area contributed by atoms with Crippen LogP contribution in [0.1, 0.15) is 67.6 Å². The van der Waals surface area contributed by atoms with Gasteiger partial charge in [0.2, 0.25) is 11.9 Å². The number of amides is 1. The molecule has 3 unspecified atom stereocenters. The average Bonchev–Trinajstić information content (AvgIpc) is 3.05. The van der Waals surface area contributed by atoms with E-state index in [0.29, 0.717) is 37.8 Å². The third-order valence-electron chi connectivity index (χ3n) is 8.05. The molecule has 3 N–H and O–H groups in total. The van der Waals surface area contributed by atoms with Crippen LogP contribution in [0.5, 0.6) is 0 Å². The molecule has 3 aromatic rings. The van der Waals surface area contributed by atoms with Gasteiger partial charge in [-0.1, -0.05) is 42.8 Å². The molecule has 2 aliphatic heterocycles. The molecule has 2 saturated heterocycles. The van der Waals surface area contributed by atoms with Crippen LogP contribution in [-0.2, 0) is 25.7 Å². The fourth-order valence-corrected chi connectivity index (χ4v) is 5.59. The molecule has 3 heterocycles. The summed E-state index contributed by atoms with van der Waals surface area (Å²) in [5.74, 6) is -0.144. The van der Waals surface area contributed by atoms with Crippen LogP contribution in [-0.4, -0.2) is 75.8 Å². The lowest BCUT2D eigenvalue weighted by atomic mass is 9.99. The van der Waals surface area contributed by atoms with Crippen molar-refractivity contribution in [2.24, 2.45) is 0 Å². The summed E-state index contributed by atoms with van der Waals surface area (Å²) in [7, 11) is 0. The van der Waals surface area contributed by atoms with Crippen LogP contribution in [0.25, 0.3) is 0 Å². The van der Waals surface area contributed by atoms with E-state index in [-0.39, 0.29) is 31.1 Å². The lowest BCUT2D eigenvalue weighted by Gasteiger charge is -2.40. The summed E-state index contributed by atoms with van der Waals surface area (Å²) < 4.78 is 13.0. The van der Waals surface area contributed by atoms with Crippen LogP contribution in [0.15, 0.2) is 67.0 Å². The molecule has 2 aromatic carbocycles. The molecular formula is C33H41N5O6. The van der Waals surface area contributed by atoms with E-state index in [1.807, 2.05) is 54.6 Å². The number of carbonyl (C=O) groups is 2. The van der Waals surface area contributed by atoms with Gasteiger partial charge in [0.05, 0.1) is 18.8 Å². The van der Waals surface area contributed by atoms with E-state index in [2.05, 4.69) is 25.1 Å². The number of anilines is 2. The zero-order valence-electron chi connectivity index (χ0n) is 24.9. The largest absolute Gasteiger partial charge is 0.481 e. The lowest BCUT2D eigenvalue weighted by molar-refractivity contribution is -0.253. The second-order valence-corrected chi connectivity index (χ2v) is 11.3. The van der Waals surface area contributed by atoms with Crippen molar-refractivity contribution in [1.29, 1.82) is 0 Å². The van der Waals surface area contributed by atoms with Gasteiger partial charge in [-0.2, -0.15) is 0 Å². The van der Waals surface area contributed by atoms with Crippen LogP contribution in [0, 0.1) is 0 Å². The number of unbranched alkanes of at least 4 members (excludes halogenated alkanes) is 2. The number of benzene rings is 2. The minimum atomic E-state index is -0.810. The number of piperazine rings is 1. The number of carboxylic acids is 1. The van der Waals surface area contributed by atoms with Gasteiger partial charge in [0.15, 0.2) is 6.29 Å². The second kappa shape index (κ2) is 15.7. The lowest BCUT2D eigenvalue weighted by Crippen LogP contribution is -2.50. The number of hydrogen-bond donors (Lipinski definition) is 3. The van der Waals surface area contributed by atoms with Crippen molar-refractivity contribution >= 4 is 23.5 Å². The first-order valence-electron chi connectivity index (χ1n) is 15.3. The highest BCUT2D eigenvalue weighted by molar-refractivity contribution is 5.90. The molecule has 11 nitrogen and oxygen atoms in total. The van der Waals surface area contributed by atoms with E-state index in [4.69, 9.17) is 14.6 Å². The molecule has 1 amide bonds. The third-order valence-corrected chi connectivity index (χ3v) is 8.05. The number of hydrogen-bond acceptors (Lipinski definition) is 9. The van der Waals surface area contributed by atoms with Gasteiger partial charge in [0.25, 0.3) is 0 Å². The number of aliphatic carboxylic acids is 1. The molecule has 0 saturated carbocycles. The molecule has 0 spiro atoms. The molecule has 2 aliphatic rings. The summed E-state index contributed by atoms with van der Waals surface area (Å²) >= 11 is 0. The molecule has 3 atom stereocenters. The third kappa shape index (κ3) is 9.06. The molecule has 5 rings (SSSR count). The highest BCUT2D eigenvalue weighted by Crippen LogP contribution is 2.38.